The van der Waals surface area contributed by atoms with Gasteiger partial charge in [-0.15, -0.1) is 11.6 Å². The number of carboxylic acid groups (broad SMARTS) is 1. The van der Waals surface area contributed by atoms with E-state index in [1.807, 2.05) is 0 Å². The van der Waals surface area contributed by atoms with Gasteiger partial charge in [-0.1, -0.05) is 11.6 Å². The van der Waals surface area contributed by atoms with Crippen molar-refractivity contribution in [3.05, 3.63) is 29.3 Å². The first-order valence-electron chi connectivity index (χ1n) is 4.94. The fraction of sp³-hybridized carbons (Fsp3) is 0.364. The van der Waals surface area contributed by atoms with Gasteiger partial charge in [0.15, 0.2) is 0 Å². The first-order chi connectivity index (χ1) is 7.63. The zero-order valence-corrected chi connectivity index (χ0v) is 10.1. The molecule has 16 heavy (non-hydrogen) atoms. The Balaban J connectivity index is 2.60. The quantitative estimate of drug-likeness (QED) is 0.774. The smallest absolute Gasteiger partial charge is 0.326 e. The van der Waals surface area contributed by atoms with Crippen LogP contribution < -0.4 is 5.32 Å². The summed E-state index contributed by atoms with van der Waals surface area (Å²) >= 11 is 11.3. The number of anilines is 1. The Bertz CT molecular complexity index is 340. The zero-order chi connectivity index (χ0) is 12.0. The molecular weight excluding hydrogens is 249 g/mol. The van der Waals surface area contributed by atoms with Crippen LogP contribution in [0.4, 0.5) is 5.69 Å². The molecule has 0 saturated heterocycles. The largest absolute Gasteiger partial charge is 0.480 e. The molecule has 0 spiro atoms. The van der Waals surface area contributed by atoms with Crippen LogP contribution in [0.1, 0.15) is 12.8 Å². The second-order valence-corrected chi connectivity index (χ2v) is 4.19. The minimum absolute atomic E-state index is 0.464. The van der Waals surface area contributed by atoms with Crippen LogP contribution in [0.15, 0.2) is 24.3 Å². The number of aliphatic carboxylic acids is 1. The van der Waals surface area contributed by atoms with Crippen LogP contribution in [0.3, 0.4) is 0 Å². The third-order valence-electron chi connectivity index (χ3n) is 2.11. The number of carboxylic acids is 1. The first kappa shape index (κ1) is 13.1. The maximum atomic E-state index is 10.9. The average Bonchev–Trinajstić information content (AvgIpc) is 2.26. The maximum absolute atomic E-state index is 10.9. The first-order valence-corrected chi connectivity index (χ1v) is 5.85. The van der Waals surface area contributed by atoms with E-state index < -0.39 is 12.0 Å². The molecule has 0 aliphatic rings. The van der Waals surface area contributed by atoms with Crippen molar-refractivity contribution in [1.29, 1.82) is 0 Å². The number of alkyl halides is 1. The van der Waals surface area contributed by atoms with Gasteiger partial charge >= 0.3 is 5.97 Å². The molecule has 0 aliphatic carbocycles. The van der Waals surface area contributed by atoms with Crippen LogP contribution in [0.25, 0.3) is 0 Å². The molecule has 3 nitrogen and oxygen atoms in total. The van der Waals surface area contributed by atoms with Gasteiger partial charge in [0.25, 0.3) is 0 Å². The number of hydrogen-bond acceptors (Lipinski definition) is 2. The average molecular weight is 262 g/mol. The van der Waals surface area contributed by atoms with Gasteiger partial charge in [-0.05, 0) is 37.1 Å². The van der Waals surface area contributed by atoms with Crippen LogP contribution in [-0.4, -0.2) is 23.0 Å². The number of benzene rings is 1. The molecule has 0 aliphatic heterocycles. The molecule has 1 rings (SSSR count). The highest BCUT2D eigenvalue weighted by atomic mass is 35.5. The van der Waals surface area contributed by atoms with Gasteiger partial charge in [-0.2, -0.15) is 0 Å². The molecule has 0 amide bonds. The Labute approximate surface area is 104 Å². The summed E-state index contributed by atoms with van der Waals surface area (Å²) in [5, 5.41) is 12.5. The van der Waals surface area contributed by atoms with Crippen LogP contribution in [0.5, 0.6) is 0 Å². The Morgan fingerprint density at radius 2 is 2.00 bits per heavy atom. The van der Waals surface area contributed by atoms with Gasteiger partial charge in [0, 0.05) is 16.6 Å². The number of halogens is 2. The van der Waals surface area contributed by atoms with Crippen molar-refractivity contribution in [3.63, 3.8) is 0 Å². The van der Waals surface area contributed by atoms with E-state index in [1.54, 1.807) is 24.3 Å². The lowest BCUT2D eigenvalue weighted by molar-refractivity contribution is -0.138. The second-order valence-electron chi connectivity index (χ2n) is 3.37. The van der Waals surface area contributed by atoms with Crippen LogP contribution in [-0.2, 0) is 4.79 Å². The lowest BCUT2D eigenvalue weighted by Gasteiger charge is -2.15. The maximum Gasteiger partial charge on any atom is 0.326 e. The van der Waals surface area contributed by atoms with E-state index in [1.165, 1.54) is 0 Å². The third-order valence-corrected chi connectivity index (χ3v) is 2.63. The van der Waals surface area contributed by atoms with Crippen molar-refractivity contribution in [3.8, 4) is 0 Å². The monoisotopic (exact) mass is 261 g/mol. The summed E-state index contributed by atoms with van der Waals surface area (Å²) in [6.07, 6.45) is 1.17. The summed E-state index contributed by atoms with van der Waals surface area (Å²) in [6, 6.07) is 6.31. The molecule has 0 aromatic heterocycles. The number of carbonyl (C=O) groups is 1. The number of rotatable bonds is 6. The van der Waals surface area contributed by atoms with Gasteiger partial charge in [0.05, 0.1) is 0 Å². The molecule has 1 unspecified atom stereocenters. The van der Waals surface area contributed by atoms with E-state index in [2.05, 4.69) is 5.32 Å². The summed E-state index contributed by atoms with van der Waals surface area (Å²) in [4.78, 5) is 10.9. The van der Waals surface area contributed by atoms with Crippen molar-refractivity contribution >= 4 is 34.9 Å². The molecule has 0 fully saturated rings. The molecular formula is C11H13Cl2NO2. The lowest BCUT2D eigenvalue weighted by Crippen LogP contribution is -2.29. The molecule has 5 heteroatoms. The van der Waals surface area contributed by atoms with Gasteiger partial charge in [-0.25, -0.2) is 4.79 Å². The van der Waals surface area contributed by atoms with Crippen LogP contribution in [0.2, 0.25) is 5.02 Å². The Morgan fingerprint density at radius 3 is 2.50 bits per heavy atom. The summed E-state index contributed by atoms with van der Waals surface area (Å²) in [7, 11) is 0. The van der Waals surface area contributed by atoms with E-state index in [0.717, 1.165) is 5.69 Å². The molecule has 0 radical (unpaired) electrons. The van der Waals surface area contributed by atoms with Gasteiger partial charge in [0.1, 0.15) is 6.04 Å². The zero-order valence-electron chi connectivity index (χ0n) is 8.62. The predicted octanol–water partition coefficient (Wildman–Crippen LogP) is 3.22. The van der Waals surface area contributed by atoms with E-state index >= 15 is 0 Å². The Hall–Kier alpha value is -0.930. The van der Waals surface area contributed by atoms with Gasteiger partial charge < -0.3 is 10.4 Å². The molecule has 88 valence electrons. The molecule has 2 N–H and O–H groups in total. The SMILES string of the molecule is O=C(O)C(CCCCl)Nc1ccc(Cl)cc1. The van der Waals surface area contributed by atoms with E-state index in [9.17, 15) is 4.79 Å². The Morgan fingerprint density at radius 1 is 1.38 bits per heavy atom. The number of nitrogens with one attached hydrogen (secondary N) is 1. The molecule has 1 aromatic carbocycles. The van der Waals surface area contributed by atoms with E-state index in [0.29, 0.717) is 23.7 Å². The molecule has 0 heterocycles. The fourth-order valence-electron chi connectivity index (χ4n) is 1.29. The molecule has 1 aromatic rings. The summed E-state index contributed by atoms with van der Waals surface area (Å²) in [5.41, 5.74) is 0.742. The Kier molecular flexibility index (Phi) is 5.43. The third kappa shape index (κ3) is 4.29. The van der Waals surface area contributed by atoms with Gasteiger partial charge in [-0.3, -0.25) is 0 Å². The minimum atomic E-state index is -0.875. The fourth-order valence-corrected chi connectivity index (χ4v) is 1.57. The summed E-state index contributed by atoms with van der Waals surface area (Å²) in [5.74, 6) is -0.411. The highest BCUT2D eigenvalue weighted by Gasteiger charge is 2.16. The number of hydrogen-bond donors (Lipinski definition) is 2. The molecule has 0 bridgehead atoms. The van der Waals surface area contributed by atoms with Crippen molar-refractivity contribution in [2.24, 2.45) is 0 Å². The normalized spacial score (nSPS) is 12.1. The van der Waals surface area contributed by atoms with Crippen LogP contribution in [0, 0.1) is 0 Å². The van der Waals surface area contributed by atoms with Crippen LogP contribution >= 0.6 is 23.2 Å². The standard InChI is InChI=1S/C11H13Cl2NO2/c12-7-1-2-10(11(15)16)14-9-5-3-8(13)4-6-9/h3-6,10,14H,1-2,7H2,(H,15,16). The highest BCUT2D eigenvalue weighted by molar-refractivity contribution is 6.30. The van der Waals surface area contributed by atoms with E-state index in [4.69, 9.17) is 28.3 Å². The molecule has 1 atom stereocenters. The highest BCUT2D eigenvalue weighted by Crippen LogP contribution is 2.15. The lowest BCUT2D eigenvalue weighted by atomic mass is 10.1. The summed E-state index contributed by atoms with van der Waals surface area (Å²) < 4.78 is 0. The predicted molar refractivity (Wildman–Crippen MR) is 66.5 cm³/mol. The molecule has 0 saturated carbocycles. The van der Waals surface area contributed by atoms with Crippen molar-refractivity contribution in [1.82, 2.24) is 0 Å². The van der Waals surface area contributed by atoms with E-state index in [-0.39, 0.29) is 0 Å². The van der Waals surface area contributed by atoms with Gasteiger partial charge in [0.2, 0.25) is 0 Å². The second kappa shape index (κ2) is 6.61. The van der Waals surface area contributed by atoms with Crippen molar-refractivity contribution in [2.45, 2.75) is 18.9 Å². The minimum Gasteiger partial charge on any atom is -0.480 e. The van der Waals surface area contributed by atoms with Crippen molar-refractivity contribution in [2.75, 3.05) is 11.2 Å². The topological polar surface area (TPSA) is 49.3 Å². The van der Waals surface area contributed by atoms with Crippen molar-refractivity contribution < 1.29 is 9.90 Å². The summed E-state index contributed by atoms with van der Waals surface area (Å²) in [6.45, 7) is 0.